The number of nitrogens with one attached hydrogen (secondary N) is 1. The number of hydrogen-bond acceptors (Lipinski definition) is 6. The first-order valence-corrected chi connectivity index (χ1v) is 13.3. The van der Waals surface area contributed by atoms with Crippen molar-refractivity contribution >= 4 is 52.6 Å². The molecule has 7 nitrogen and oxygen atoms in total. The van der Waals surface area contributed by atoms with Crippen molar-refractivity contribution in [2.75, 3.05) is 24.3 Å². The fourth-order valence-electron chi connectivity index (χ4n) is 3.83. The number of hydrogen-bond donors (Lipinski definition) is 2. The minimum Gasteiger partial charge on any atom is -0.493 e. The molecule has 0 aliphatic heterocycles. The van der Waals surface area contributed by atoms with Crippen LogP contribution in [-0.4, -0.2) is 31.2 Å². The first-order valence-electron chi connectivity index (χ1n) is 12.6. The van der Waals surface area contributed by atoms with Crippen molar-refractivity contribution in [1.82, 2.24) is 0 Å². The first-order chi connectivity index (χ1) is 20.1. The molecule has 0 bridgehead atoms. The Morgan fingerprint density at radius 1 is 0.738 bits per heavy atom. The van der Waals surface area contributed by atoms with Gasteiger partial charge in [0.25, 0.3) is 0 Å². The van der Waals surface area contributed by atoms with Gasteiger partial charge in [0.1, 0.15) is 23.1 Å². The van der Waals surface area contributed by atoms with Gasteiger partial charge in [0.2, 0.25) is 6.41 Å². The number of anilines is 2. The van der Waals surface area contributed by atoms with Gasteiger partial charge in [0.15, 0.2) is 11.6 Å². The second kappa shape index (κ2) is 15.0. The van der Waals surface area contributed by atoms with E-state index in [1.807, 2.05) is 0 Å². The Kier molecular flexibility index (Phi) is 11.4. The highest BCUT2D eigenvalue weighted by Crippen LogP contribution is 2.29. The molecule has 0 saturated carbocycles. The van der Waals surface area contributed by atoms with E-state index in [1.54, 1.807) is 32.0 Å². The Morgan fingerprint density at radius 3 is 1.71 bits per heavy atom. The van der Waals surface area contributed by atoms with E-state index in [1.165, 1.54) is 48.5 Å². The minimum atomic E-state index is -0.502. The molecule has 218 valence electrons. The Bertz CT molecular complexity index is 1610. The molecule has 0 spiro atoms. The number of ketones is 2. The van der Waals surface area contributed by atoms with Crippen molar-refractivity contribution in [3.63, 3.8) is 0 Å². The quantitative estimate of drug-likeness (QED) is 0.110. The highest BCUT2D eigenvalue weighted by molar-refractivity contribution is 6.32. The van der Waals surface area contributed by atoms with Crippen LogP contribution in [0.2, 0.25) is 10.0 Å². The zero-order valence-electron chi connectivity index (χ0n) is 22.6. The number of benzene rings is 4. The topological polar surface area (TPSA) is 108 Å². The summed E-state index contributed by atoms with van der Waals surface area (Å²) in [4.78, 5) is 35.8. The molecule has 0 atom stereocenters. The molecular weight excluding hydrogens is 589 g/mol. The van der Waals surface area contributed by atoms with Crippen LogP contribution in [-0.2, 0) is 4.79 Å². The monoisotopic (exact) mass is 614 g/mol. The Hall–Kier alpha value is -4.47. The maximum absolute atomic E-state index is 13.3. The second-order valence-electron chi connectivity index (χ2n) is 8.49. The van der Waals surface area contributed by atoms with Crippen molar-refractivity contribution < 1.29 is 32.6 Å². The molecule has 4 aromatic rings. The number of carbonyl (C=O) groups is 3. The lowest BCUT2D eigenvalue weighted by atomic mass is 10.0. The van der Waals surface area contributed by atoms with Gasteiger partial charge in [0, 0.05) is 39.0 Å². The third-order valence-electron chi connectivity index (χ3n) is 5.68. The fourth-order valence-corrected chi connectivity index (χ4v) is 4.17. The molecule has 4 rings (SSSR count). The zero-order valence-corrected chi connectivity index (χ0v) is 24.1. The molecule has 42 heavy (non-hydrogen) atoms. The van der Waals surface area contributed by atoms with Gasteiger partial charge in [-0.2, -0.15) is 0 Å². The molecule has 4 aromatic carbocycles. The first kappa shape index (κ1) is 32.0. The van der Waals surface area contributed by atoms with Crippen molar-refractivity contribution in [3.05, 3.63) is 117 Å². The summed E-state index contributed by atoms with van der Waals surface area (Å²) in [5, 5.41) is 3.19. The van der Waals surface area contributed by atoms with Crippen molar-refractivity contribution in [2.45, 2.75) is 13.8 Å². The predicted octanol–water partition coefficient (Wildman–Crippen LogP) is 7.37. The standard InChI is InChI=1S/C16H13ClFNO3.C15H13ClFNO2/c1-2-22-15-8-11(18)4-5-12(15)16(21)13-7-10(17)3-6-14(13)19-9-20;1-2-20-14-8-10(17)4-5-11(14)15(19)12-7-9(16)3-6-13(12)18/h3-9H,2H2,1H3,(H,19,20);3-8H,2,18H2,1H3. The van der Waals surface area contributed by atoms with Crippen LogP contribution >= 0.6 is 23.2 Å². The molecule has 0 radical (unpaired) electrons. The summed E-state index contributed by atoms with van der Waals surface area (Å²) in [5.41, 5.74) is 7.33. The number of carbonyl (C=O) groups excluding carboxylic acids is 3. The number of amides is 1. The van der Waals surface area contributed by atoms with Crippen LogP contribution < -0.4 is 20.5 Å². The third-order valence-corrected chi connectivity index (χ3v) is 6.15. The number of nitrogen functional groups attached to an aromatic ring is 1. The van der Waals surface area contributed by atoms with Gasteiger partial charge < -0.3 is 20.5 Å². The van der Waals surface area contributed by atoms with E-state index in [0.717, 1.165) is 6.07 Å². The van der Waals surface area contributed by atoms with Crippen LogP contribution in [0.4, 0.5) is 20.2 Å². The minimum absolute atomic E-state index is 0.143. The normalized spacial score (nSPS) is 10.2. The van der Waals surface area contributed by atoms with E-state index < -0.39 is 17.4 Å². The summed E-state index contributed by atoms with van der Waals surface area (Å²) in [6.07, 6.45) is 0.466. The zero-order chi connectivity index (χ0) is 30.8. The van der Waals surface area contributed by atoms with E-state index in [-0.39, 0.29) is 39.5 Å². The van der Waals surface area contributed by atoms with Crippen molar-refractivity contribution in [1.29, 1.82) is 0 Å². The van der Waals surface area contributed by atoms with Gasteiger partial charge in [-0.15, -0.1) is 0 Å². The van der Waals surface area contributed by atoms with Crippen LogP contribution in [0.15, 0.2) is 72.8 Å². The third kappa shape index (κ3) is 8.05. The lowest BCUT2D eigenvalue weighted by Gasteiger charge is -2.12. The van der Waals surface area contributed by atoms with Crippen LogP contribution in [0, 0.1) is 11.6 Å². The van der Waals surface area contributed by atoms with Gasteiger partial charge in [-0.3, -0.25) is 14.4 Å². The molecule has 0 saturated heterocycles. The van der Waals surface area contributed by atoms with Gasteiger partial charge in [-0.25, -0.2) is 8.78 Å². The van der Waals surface area contributed by atoms with Crippen molar-refractivity contribution in [3.8, 4) is 11.5 Å². The molecule has 3 N–H and O–H groups in total. The average Bonchev–Trinajstić information content (AvgIpc) is 2.96. The van der Waals surface area contributed by atoms with E-state index in [9.17, 15) is 23.2 Å². The predicted molar refractivity (Wildman–Crippen MR) is 159 cm³/mol. The Balaban J connectivity index is 0.000000231. The molecule has 0 fully saturated rings. The number of nitrogens with two attached hydrogens (primary N) is 1. The fraction of sp³-hybridized carbons (Fsp3) is 0.129. The summed E-state index contributed by atoms with van der Waals surface area (Å²) in [6, 6.07) is 16.6. The molecule has 0 heterocycles. The smallest absolute Gasteiger partial charge is 0.211 e. The molecule has 0 aliphatic carbocycles. The largest absolute Gasteiger partial charge is 0.493 e. The highest BCUT2D eigenvalue weighted by atomic mass is 35.5. The van der Waals surface area contributed by atoms with E-state index in [0.29, 0.717) is 41.0 Å². The van der Waals surface area contributed by atoms with E-state index >= 15 is 0 Å². The molecule has 1 amide bonds. The van der Waals surface area contributed by atoms with Crippen LogP contribution in [0.25, 0.3) is 0 Å². The lowest BCUT2D eigenvalue weighted by Crippen LogP contribution is -2.09. The van der Waals surface area contributed by atoms with Crippen LogP contribution in [0.5, 0.6) is 11.5 Å². The van der Waals surface area contributed by atoms with Gasteiger partial charge in [0.05, 0.1) is 30.0 Å². The Morgan fingerprint density at radius 2 is 1.21 bits per heavy atom. The second-order valence-corrected chi connectivity index (χ2v) is 9.36. The van der Waals surface area contributed by atoms with Gasteiger partial charge in [-0.1, -0.05) is 23.2 Å². The lowest BCUT2D eigenvalue weighted by molar-refractivity contribution is -0.105. The number of rotatable bonds is 10. The van der Waals surface area contributed by atoms with Gasteiger partial charge in [-0.05, 0) is 74.5 Å². The highest BCUT2D eigenvalue weighted by Gasteiger charge is 2.20. The Labute approximate surface area is 251 Å². The summed E-state index contributed by atoms with van der Waals surface area (Å²) >= 11 is 11.8. The van der Waals surface area contributed by atoms with Crippen molar-refractivity contribution in [2.24, 2.45) is 0 Å². The number of halogens is 4. The summed E-state index contributed by atoms with van der Waals surface area (Å²) in [5.74, 6) is -1.41. The van der Waals surface area contributed by atoms with E-state index in [4.69, 9.17) is 38.4 Å². The molecule has 0 unspecified atom stereocenters. The molecule has 11 heteroatoms. The van der Waals surface area contributed by atoms with E-state index in [2.05, 4.69) is 5.32 Å². The SMILES string of the molecule is CCOc1cc(F)ccc1C(=O)c1cc(Cl)ccc1N.CCOc1cc(F)ccc1C(=O)c1cc(Cl)ccc1NC=O. The summed E-state index contributed by atoms with van der Waals surface area (Å²) in [7, 11) is 0. The summed E-state index contributed by atoms with van der Waals surface area (Å²) in [6.45, 7) is 4.11. The number of ether oxygens (including phenoxy) is 2. The molecule has 0 aliphatic rings. The molecular formula is C31H26Cl2F2N2O5. The molecule has 0 aromatic heterocycles. The van der Waals surface area contributed by atoms with Gasteiger partial charge >= 0.3 is 0 Å². The maximum atomic E-state index is 13.3. The average molecular weight is 615 g/mol. The maximum Gasteiger partial charge on any atom is 0.211 e. The van der Waals surface area contributed by atoms with Crippen LogP contribution in [0.1, 0.15) is 45.7 Å². The van der Waals surface area contributed by atoms with Crippen LogP contribution in [0.3, 0.4) is 0 Å². The summed E-state index contributed by atoms with van der Waals surface area (Å²) < 4.78 is 37.2.